The summed E-state index contributed by atoms with van der Waals surface area (Å²) in [7, 11) is 0. The molecule has 0 aromatic heterocycles. The largest absolute Gasteiger partial charge is 0.399 e. The third-order valence-corrected chi connectivity index (χ3v) is 3.12. The molecule has 0 radical (unpaired) electrons. The molecule has 1 heterocycles. The van der Waals surface area contributed by atoms with Crippen LogP contribution in [0.4, 0.5) is 10.1 Å². The molecule has 1 atom stereocenters. The Morgan fingerprint density at radius 1 is 1.25 bits per heavy atom. The minimum Gasteiger partial charge on any atom is -0.399 e. The van der Waals surface area contributed by atoms with E-state index in [0.29, 0.717) is 11.7 Å². The first kappa shape index (κ1) is 11.4. The van der Waals surface area contributed by atoms with E-state index < -0.39 is 0 Å². The van der Waals surface area contributed by atoms with Crippen molar-refractivity contribution in [3.63, 3.8) is 0 Å². The van der Waals surface area contributed by atoms with E-state index in [1.807, 2.05) is 6.07 Å². The lowest BCUT2D eigenvalue weighted by Crippen LogP contribution is -2.30. The number of nitrogens with one attached hydrogen (secondary N) is 1. The van der Waals surface area contributed by atoms with Gasteiger partial charge in [-0.1, -0.05) is 12.8 Å². The van der Waals surface area contributed by atoms with Crippen LogP contribution in [0.25, 0.3) is 0 Å². The number of benzene rings is 1. The average molecular weight is 222 g/mol. The van der Waals surface area contributed by atoms with E-state index >= 15 is 0 Å². The van der Waals surface area contributed by atoms with Crippen LogP contribution < -0.4 is 11.1 Å². The lowest BCUT2D eigenvalue weighted by molar-refractivity contribution is 0.506. The Morgan fingerprint density at radius 3 is 2.94 bits per heavy atom. The van der Waals surface area contributed by atoms with Crippen molar-refractivity contribution in [1.29, 1.82) is 0 Å². The maximum absolute atomic E-state index is 13.2. The van der Waals surface area contributed by atoms with Gasteiger partial charge in [-0.3, -0.25) is 0 Å². The van der Waals surface area contributed by atoms with Gasteiger partial charge in [0.25, 0.3) is 0 Å². The third kappa shape index (κ3) is 3.20. The second-order valence-electron chi connectivity index (χ2n) is 4.60. The lowest BCUT2D eigenvalue weighted by Gasteiger charge is -2.15. The summed E-state index contributed by atoms with van der Waals surface area (Å²) in [4.78, 5) is 0. The molecule has 0 spiro atoms. The normalized spacial score (nSPS) is 21.7. The van der Waals surface area contributed by atoms with E-state index in [9.17, 15) is 4.39 Å². The Morgan fingerprint density at radius 2 is 2.12 bits per heavy atom. The highest BCUT2D eigenvalue weighted by Crippen LogP contribution is 2.16. The molecule has 1 unspecified atom stereocenters. The zero-order valence-electron chi connectivity index (χ0n) is 9.51. The Kier molecular flexibility index (Phi) is 3.78. The van der Waals surface area contributed by atoms with Gasteiger partial charge in [0.05, 0.1) is 0 Å². The molecule has 2 rings (SSSR count). The van der Waals surface area contributed by atoms with E-state index in [0.717, 1.165) is 18.5 Å². The van der Waals surface area contributed by atoms with E-state index in [2.05, 4.69) is 5.32 Å². The van der Waals surface area contributed by atoms with Crippen LogP contribution in [0, 0.1) is 5.82 Å². The van der Waals surface area contributed by atoms with Crippen LogP contribution >= 0.6 is 0 Å². The van der Waals surface area contributed by atoms with Crippen molar-refractivity contribution < 1.29 is 4.39 Å². The molecule has 1 fully saturated rings. The highest BCUT2D eigenvalue weighted by molar-refractivity contribution is 5.41. The van der Waals surface area contributed by atoms with Crippen LogP contribution in [0.2, 0.25) is 0 Å². The molecule has 88 valence electrons. The molecule has 3 N–H and O–H groups in total. The number of hydrogen-bond donors (Lipinski definition) is 2. The smallest absolute Gasteiger partial charge is 0.125 e. The molecule has 0 aliphatic carbocycles. The quantitative estimate of drug-likeness (QED) is 0.754. The van der Waals surface area contributed by atoms with Crippen LogP contribution in [0.3, 0.4) is 0 Å². The van der Waals surface area contributed by atoms with E-state index in [-0.39, 0.29) is 5.82 Å². The van der Waals surface area contributed by atoms with Crippen LogP contribution in [-0.4, -0.2) is 12.6 Å². The Labute approximate surface area is 96.0 Å². The van der Waals surface area contributed by atoms with Crippen molar-refractivity contribution in [1.82, 2.24) is 5.32 Å². The lowest BCUT2D eigenvalue weighted by atomic mass is 10.0. The van der Waals surface area contributed by atoms with Crippen LogP contribution in [-0.2, 0) is 6.42 Å². The van der Waals surface area contributed by atoms with E-state index in [1.54, 1.807) is 6.07 Å². The van der Waals surface area contributed by atoms with Gasteiger partial charge >= 0.3 is 0 Å². The topological polar surface area (TPSA) is 38.0 Å². The first-order valence-electron chi connectivity index (χ1n) is 6.02. The first-order chi connectivity index (χ1) is 7.74. The molecule has 1 aliphatic rings. The van der Waals surface area contributed by atoms with E-state index in [4.69, 9.17) is 5.73 Å². The Balaban J connectivity index is 2.01. The van der Waals surface area contributed by atoms with Crippen molar-refractivity contribution in [2.75, 3.05) is 12.3 Å². The van der Waals surface area contributed by atoms with Crippen LogP contribution in [0.5, 0.6) is 0 Å². The number of rotatable bonds is 2. The van der Waals surface area contributed by atoms with Gasteiger partial charge in [0.2, 0.25) is 0 Å². The molecule has 0 saturated carbocycles. The molecule has 0 amide bonds. The fourth-order valence-electron chi connectivity index (χ4n) is 2.35. The molecule has 1 saturated heterocycles. The van der Waals surface area contributed by atoms with Crippen LogP contribution in [0.15, 0.2) is 18.2 Å². The van der Waals surface area contributed by atoms with Crippen LogP contribution in [0.1, 0.15) is 31.2 Å². The summed E-state index contributed by atoms with van der Waals surface area (Å²) < 4.78 is 13.2. The fourth-order valence-corrected chi connectivity index (χ4v) is 2.35. The van der Waals surface area contributed by atoms with Crippen molar-refractivity contribution >= 4 is 5.69 Å². The molecule has 3 heteroatoms. The molecule has 16 heavy (non-hydrogen) atoms. The zero-order valence-corrected chi connectivity index (χ0v) is 9.51. The van der Waals surface area contributed by atoms with Gasteiger partial charge in [0.1, 0.15) is 5.82 Å². The highest BCUT2D eigenvalue weighted by Gasteiger charge is 2.12. The molecule has 1 aliphatic heterocycles. The molecule has 1 aromatic carbocycles. The van der Waals surface area contributed by atoms with Crippen molar-refractivity contribution in [3.05, 3.63) is 29.6 Å². The summed E-state index contributed by atoms with van der Waals surface area (Å²) in [5, 5.41) is 3.51. The predicted molar refractivity (Wildman–Crippen MR) is 64.8 cm³/mol. The molecule has 2 nitrogen and oxygen atoms in total. The highest BCUT2D eigenvalue weighted by atomic mass is 19.1. The minimum absolute atomic E-state index is 0.233. The maximum Gasteiger partial charge on any atom is 0.125 e. The Bertz CT molecular complexity index is 324. The standard InChI is InChI=1S/C13H19FN2/c14-11-6-10(7-12(15)9-11)8-13-4-2-1-3-5-16-13/h6-7,9,13,16H,1-5,8,15H2. The average Bonchev–Trinajstić information content (AvgIpc) is 2.44. The number of nitrogens with two attached hydrogens (primary N) is 1. The summed E-state index contributed by atoms with van der Waals surface area (Å²) in [5.74, 6) is -0.233. The number of hydrogen-bond acceptors (Lipinski definition) is 2. The summed E-state index contributed by atoms with van der Waals surface area (Å²) in [6.07, 6.45) is 5.87. The minimum atomic E-state index is -0.233. The molecule has 1 aromatic rings. The zero-order chi connectivity index (χ0) is 11.4. The van der Waals surface area contributed by atoms with Crippen molar-refractivity contribution in [2.45, 2.75) is 38.1 Å². The van der Waals surface area contributed by atoms with Gasteiger partial charge in [0.15, 0.2) is 0 Å². The Hall–Kier alpha value is -1.09. The summed E-state index contributed by atoms with van der Waals surface area (Å²) in [5.41, 5.74) is 7.15. The summed E-state index contributed by atoms with van der Waals surface area (Å²) >= 11 is 0. The number of anilines is 1. The molecular formula is C13H19FN2. The van der Waals surface area contributed by atoms with Crippen molar-refractivity contribution in [3.8, 4) is 0 Å². The molecule has 0 bridgehead atoms. The number of nitrogen functional groups attached to an aromatic ring is 1. The second-order valence-corrected chi connectivity index (χ2v) is 4.60. The SMILES string of the molecule is Nc1cc(F)cc(CC2CCCCCN2)c1. The molecular weight excluding hydrogens is 203 g/mol. The first-order valence-corrected chi connectivity index (χ1v) is 6.02. The van der Waals surface area contributed by atoms with Gasteiger partial charge < -0.3 is 11.1 Å². The maximum atomic E-state index is 13.2. The van der Waals surface area contributed by atoms with Gasteiger partial charge in [-0.25, -0.2) is 4.39 Å². The fraction of sp³-hybridized carbons (Fsp3) is 0.538. The van der Waals surface area contributed by atoms with Gasteiger partial charge in [-0.05, 0) is 49.6 Å². The van der Waals surface area contributed by atoms with Crippen molar-refractivity contribution in [2.24, 2.45) is 0 Å². The predicted octanol–water partition coefficient (Wildman–Crippen LogP) is 2.48. The van der Waals surface area contributed by atoms with Gasteiger partial charge in [-0.15, -0.1) is 0 Å². The van der Waals surface area contributed by atoms with Gasteiger partial charge in [0, 0.05) is 11.7 Å². The summed E-state index contributed by atoms with van der Waals surface area (Å²) in [6, 6.07) is 5.30. The van der Waals surface area contributed by atoms with E-state index in [1.165, 1.54) is 31.7 Å². The second kappa shape index (κ2) is 5.30. The third-order valence-electron chi connectivity index (χ3n) is 3.12. The van der Waals surface area contributed by atoms with Gasteiger partial charge in [-0.2, -0.15) is 0 Å². The number of halogens is 1. The monoisotopic (exact) mass is 222 g/mol. The summed E-state index contributed by atoms with van der Waals surface area (Å²) in [6.45, 7) is 1.08.